The van der Waals surface area contributed by atoms with Gasteiger partial charge in [0.2, 0.25) is 5.91 Å². The number of rotatable bonds is 11. The van der Waals surface area contributed by atoms with Gasteiger partial charge in [-0.3, -0.25) is 19.4 Å². The van der Waals surface area contributed by atoms with E-state index in [2.05, 4.69) is 14.7 Å². The summed E-state index contributed by atoms with van der Waals surface area (Å²) in [6, 6.07) is 5.35. The molecule has 0 N–H and O–H groups in total. The number of hydrogen-bond donors (Lipinski definition) is 0. The zero-order chi connectivity index (χ0) is 27.6. The van der Waals surface area contributed by atoms with Crippen molar-refractivity contribution in [1.29, 1.82) is 0 Å². The summed E-state index contributed by atoms with van der Waals surface area (Å²) < 4.78 is 5.11. The Labute approximate surface area is 237 Å². The Bertz CT molecular complexity index is 1110. The van der Waals surface area contributed by atoms with Crippen LogP contribution in [0.2, 0.25) is 0 Å². The first-order chi connectivity index (χ1) is 18.8. The molecule has 5 rings (SSSR count). The van der Waals surface area contributed by atoms with Crippen molar-refractivity contribution in [2.45, 2.75) is 83.8 Å². The number of carbonyl (C=O) groups excluding carboxylic acids is 3. The first kappa shape index (κ1) is 28.0. The van der Waals surface area contributed by atoms with Crippen LogP contribution >= 0.6 is 12.2 Å². The molecule has 39 heavy (non-hydrogen) atoms. The molecule has 2 amide bonds. The molecule has 0 atom stereocenters. The summed E-state index contributed by atoms with van der Waals surface area (Å²) in [5, 5.41) is 0.532. The molecule has 3 heterocycles. The van der Waals surface area contributed by atoms with Gasteiger partial charge in [-0.05, 0) is 76.5 Å². The molecule has 0 unspecified atom stereocenters. The smallest absolute Gasteiger partial charge is 0.338 e. The van der Waals surface area contributed by atoms with Crippen molar-refractivity contribution in [1.82, 2.24) is 14.7 Å². The molecule has 0 spiro atoms. The fraction of sp³-hybridized carbons (Fsp3) is 0.667. The number of anilines is 1. The van der Waals surface area contributed by atoms with E-state index in [-0.39, 0.29) is 18.5 Å². The van der Waals surface area contributed by atoms with E-state index in [4.69, 9.17) is 17.0 Å². The Morgan fingerprint density at radius 1 is 0.974 bits per heavy atom. The standard InChI is InChI=1S/C30H42N4O4S/c1-30(2)28(37)34(24-12-13-25-23(20-24)21-38-27(25)36)29(39)33(30)15-8-6-4-3-5-7-14-31-16-18-32(19-17-31)26(35)22-10-9-11-22/h12-13,20,22H,3-11,14-19,21H2,1-2H3. The van der Waals surface area contributed by atoms with Crippen molar-refractivity contribution in [3.8, 4) is 0 Å². The Kier molecular flexibility index (Phi) is 8.57. The first-order valence-electron chi connectivity index (χ1n) is 14.7. The number of benzene rings is 1. The zero-order valence-corrected chi connectivity index (χ0v) is 24.3. The molecule has 0 aromatic heterocycles. The summed E-state index contributed by atoms with van der Waals surface area (Å²) in [6.07, 6.45) is 10.3. The highest BCUT2D eigenvalue weighted by molar-refractivity contribution is 7.80. The quantitative estimate of drug-likeness (QED) is 0.229. The minimum Gasteiger partial charge on any atom is -0.457 e. The van der Waals surface area contributed by atoms with E-state index < -0.39 is 5.54 Å². The topological polar surface area (TPSA) is 73.4 Å². The van der Waals surface area contributed by atoms with Gasteiger partial charge in [0, 0.05) is 44.2 Å². The SMILES string of the molecule is CC1(C)C(=O)N(c2ccc3c(c2)COC3=O)C(=S)N1CCCCCCCCN1CCN(C(=O)C2CCC2)CC1. The van der Waals surface area contributed by atoms with E-state index in [0.717, 1.165) is 70.5 Å². The second kappa shape index (κ2) is 11.9. The lowest BCUT2D eigenvalue weighted by Crippen LogP contribution is -2.51. The number of unbranched alkanes of at least 4 members (excludes halogenated alkanes) is 5. The van der Waals surface area contributed by atoms with Gasteiger partial charge < -0.3 is 14.5 Å². The molecule has 3 fully saturated rings. The lowest BCUT2D eigenvalue weighted by Gasteiger charge is -2.38. The summed E-state index contributed by atoms with van der Waals surface area (Å²) in [4.78, 5) is 45.8. The molecule has 1 aromatic rings. The van der Waals surface area contributed by atoms with Crippen molar-refractivity contribution in [2.24, 2.45) is 5.92 Å². The van der Waals surface area contributed by atoms with E-state index in [1.54, 1.807) is 17.0 Å². The minimum atomic E-state index is -0.699. The van der Waals surface area contributed by atoms with Crippen LogP contribution in [0, 0.1) is 5.92 Å². The van der Waals surface area contributed by atoms with Gasteiger partial charge in [0.05, 0.1) is 11.3 Å². The van der Waals surface area contributed by atoms with E-state index in [0.29, 0.717) is 28.2 Å². The minimum absolute atomic E-state index is 0.0362. The van der Waals surface area contributed by atoms with E-state index >= 15 is 0 Å². The normalized spacial score (nSPS) is 21.4. The van der Waals surface area contributed by atoms with E-state index in [1.165, 1.54) is 32.1 Å². The maximum Gasteiger partial charge on any atom is 0.338 e. The second-order valence-electron chi connectivity index (χ2n) is 12.0. The molecular weight excluding hydrogens is 512 g/mol. The van der Waals surface area contributed by atoms with Gasteiger partial charge in [-0.1, -0.05) is 32.1 Å². The average Bonchev–Trinajstić information content (AvgIpc) is 3.33. The molecule has 3 aliphatic heterocycles. The van der Waals surface area contributed by atoms with Gasteiger partial charge in [0.15, 0.2) is 5.11 Å². The van der Waals surface area contributed by atoms with Gasteiger partial charge in [0.25, 0.3) is 5.91 Å². The second-order valence-corrected chi connectivity index (χ2v) is 12.3. The lowest BCUT2D eigenvalue weighted by atomic mass is 9.84. The Morgan fingerprint density at radius 2 is 1.64 bits per heavy atom. The monoisotopic (exact) mass is 554 g/mol. The Morgan fingerprint density at radius 3 is 2.31 bits per heavy atom. The molecule has 1 aromatic carbocycles. The Balaban J connectivity index is 0.985. The molecular formula is C30H42N4O4S. The summed E-state index contributed by atoms with van der Waals surface area (Å²) in [6.45, 7) is 9.80. The number of amides is 2. The van der Waals surface area contributed by atoms with Crippen molar-refractivity contribution >= 4 is 40.8 Å². The molecule has 9 heteroatoms. The average molecular weight is 555 g/mol. The van der Waals surface area contributed by atoms with Crippen molar-refractivity contribution in [3.63, 3.8) is 0 Å². The van der Waals surface area contributed by atoms with E-state index in [9.17, 15) is 14.4 Å². The van der Waals surface area contributed by atoms with Gasteiger partial charge in [0.1, 0.15) is 12.1 Å². The zero-order valence-electron chi connectivity index (χ0n) is 23.5. The summed E-state index contributed by atoms with van der Waals surface area (Å²) >= 11 is 5.77. The molecule has 8 nitrogen and oxygen atoms in total. The van der Waals surface area contributed by atoms with Crippen LogP contribution in [-0.4, -0.2) is 82.4 Å². The van der Waals surface area contributed by atoms with Crippen LogP contribution in [0.3, 0.4) is 0 Å². The highest BCUT2D eigenvalue weighted by Gasteiger charge is 2.49. The number of esters is 1. The molecule has 0 bridgehead atoms. The largest absolute Gasteiger partial charge is 0.457 e. The van der Waals surface area contributed by atoms with E-state index in [1.807, 2.05) is 19.9 Å². The van der Waals surface area contributed by atoms with Crippen LogP contribution in [0.25, 0.3) is 0 Å². The number of thiocarbonyl (C=S) groups is 1. The van der Waals surface area contributed by atoms with Crippen LogP contribution in [-0.2, 0) is 20.9 Å². The number of carbonyl (C=O) groups is 3. The molecule has 2 saturated heterocycles. The maximum absolute atomic E-state index is 13.3. The number of nitrogens with zero attached hydrogens (tertiary/aromatic N) is 4. The highest BCUT2D eigenvalue weighted by Crippen LogP contribution is 2.35. The number of hydrogen-bond acceptors (Lipinski definition) is 6. The number of fused-ring (bicyclic) bond motifs is 1. The van der Waals surface area contributed by atoms with Crippen LogP contribution in [0.5, 0.6) is 0 Å². The highest BCUT2D eigenvalue weighted by atomic mass is 32.1. The predicted octanol–water partition coefficient (Wildman–Crippen LogP) is 4.35. The molecule has 1 aliphatic carbocycles. The Hall–Kier alpha value is -2.52. The fourth-order valence-corrected chi connectivity index (χ4v) is 6.62. The molecule has 1 saturated carbocycles. The van der Waals surface area contributed by atoms with Gasteiger partial charge in [-0.2, -0.15) is 0 Å². The lowest BCUT2D eigenvalue weighted by molar-refractivity contribution is -0.140. The third-order valence-corrected chi connectivity index (χ3v) is 9.40. The van der Waals surface area contributed by atoms with Gasteiger partial charge in [-0.25, -0.2) is 4.79 Å². The van der Waals surface area contributed by atoms with Crippen LogP contribution in [0.4, 0.5) is 5.69 Å². The molecule has 4 aliphatic rings. The third kappa shape index (κ3) is 5.85. The van der Waals surface area contributed by atoms with Crippen LogP contribution in [0.1, 0.15) is 87.6 Å². The summed E-state index contributed by atoms with van der Waals surface area (Å²) in [7, 11) is 0. The number of piperazine rings is 1. The molecule has 212 valence electrons. The summed E-state index contributed by atoms with van der Waals surface area (Å²) in [5.74, 6) is 0.359. The third-order valence-electron chi connectivity index (χ3n) is 8.99. The number of cyclic esters (lactones) is 1. The van der Waals surface area contributed by atoms with Gasteiger partial charge in [-0.15, -0.1) is 0 Å². The first-order valence-corrected chi connectivity index (χ1v) is 15.2. The predicted molar refractivity (Wildman–Crippen MR) is 154 cm³/mol. The van der Waals surface area contributed by atoms with Crippen molar-refractivity contribution < 1.29 is 19.1 Å². The summed E-state index contributed by atoms with van der Waals surface area (Å²) in [5.41, 5.74) is 1.36. The molecule has 0 radical (unpaired) electrons. The number of ether oxygens (including phenoxy) is 1. The van der Waals surface area contributed by atoms with Crippen molar-refractivity contribution in [3.05, 3.63) is 29.3 Å². The van der Waals surface area contributed by atoms with Crippen LogP contribution in [0.15, 0.2) is 18.2 Å². The van der Waals surface area contributed by atoms with Crippen molar-refractivity contribution in [2.75, 3.05) is 44.2 Å². The maximum atomic E-state index is 13.3. The van der Waals surface area contributed by atoms with Gasteiger partial charge >= 0.3 is 5.97 Å². The fourth-order valence-electron chi connectivity index (χ4n) is 6.12. The van der Waals surface area contributed by atoms with Crippen LogP contribution < -0.4 is 4.90 Å².